The van der Waals surface area contributed by atoms with E-state index in [1.807, 2.05) is 6.07 Å². The molecule has 504 valence electrons. The van der Waals surface area contributed by atoms with Gasteiger partial charge < -0.3 is 35.8 Å². The van der Waals surface area contributed by atoms with Gasteiger partial charge in [0, 0.05) is 68.7 Å². The lowest BCUT2D eigenvalue weighted by molar-refractivity contribution is -0.191. The fourth-order valence-electron chi connectivity index (χ4n) is 9.32. The van der Waals surface area contributed by atoms with Crippen molar-refractivity contribution in [1.82, 2.24) is 25.8 Å². The predicted octanol–water partition coefficient (Wildman–Crippen LogP) is 11.7. The van der Waals surface area contributed by atoms with Crippen LogP contribution in [0.25, 0.3) is 10.4 Å². The second-order valence-electron chi connectivity index (χ2n) is 20.1. The first-order valence-corrected chi connectivity index (χ1v) is 29.0. The lowest BCUT2D eigenvalue weighted by Gasteiger charge is -2.29. The normalized spacial score (nSPS) is 12.3. The van der Waals surface area contributed by atoms with Crippen LogP contribution in [0.2, 0.25) is 10.0 Å². The van der Waals surface area contributed by atoms with E-state index in [9.17, 15) is 56.5 Å². The topological polar surface area (TPSA) is 373 Å². The quantitative estimate of drug-likeness (QED) is 0.00798. The molecule has 9 rings (SSSR count). The number of hydrazone groups is 2. The molecule has 0 radical (unpaired) electrons. The van der Waals surface area contributed by atoms with Crippen LogP contribution >= 0.6 is 23.2 Å². The molecule has 2 saturated heterocycles. The Hall–Kier alpha value is -11.9. The van der Waals surface area contributed by atoms with Crippen molar-refractivity contribution in [2.75, 3.05) is 46.6 Å². The van der Waals surface area contributed by atoms with Crippen molar-refractivity contribution in [3.63, 3.8) is 0 Å². The highest BCUT2D eigenvalue weighted by atomic mass is 35.5. The Morgan fingerprint density at radius 2 is 1.10 bits per heavy atom. The largest absolute Gasteiger partial charge is 0.476 e. The summed E-state index contributed by atoms with van der Waals surface area (Å²) in [5.74, 6) is -5.81. The van der Waals surface area contributed by atoms with E-state index in [2.05, 4.69) is 68.2 Å². The number of aromatic carboxylic acids is 2. The van der Waals surface area contributed by atoms with Gasteiger partial charge in [-0.2, -0.15) is 33.0 Å². The summed E-state index contributed by atoms with van der Waals surface area (Å²) in [5.41, 5.74) is 15.2. The van der Waals surface area contributed by atoms with Gasteiger partial charge in [-0.3, -0.25) is 19.2 Å². The molecule has 4 amide bonds. The Morgan fingerprint density at radius 3 is 1.55 bits per heavy atom. The fraction of sp³-hybridized carbons (Fsp3) is 0.206. The van der Waals surface area contributed by atoms with Gasteiger partial charge in [-0.05, 0) is 151 Å². The smallest absolute Gasteiger partial charge is 0.417 e. The lowest BCUT2D eigenvalue weighted by atomic mass is 10.1. The second-order valence-corrected chi connectivity index (χ2v) is 21.0. The summed E-state index contributed by atoms with van der Waals surface area (Å²) in [6, 6.07) is 30.3. The summed E-state index contributed by atoms with van der Waals surface area (Å²) < 4.78 is 70.4. The maximum atomic E-state index is 13.7. The number of benzene rings is 6. The first-order valence-electron chi connectivity index (χ1n) is 28.3. The summed E-state index contributed by atoms with van der Waals surface area (Å²) in [6.45, 7) is 3.19. The average Bonchev–Trinajstić information content (AvgIpc) is 1.76. The van der Waals surface area contributed by atoms with E-state index in [4.69, 9.17) is 57.4 Å². The van der Waals surface area contributed by atoms with E-state index >= 15 is 0 Å². The van der Waals surface area contributed by atoms with Crippen molar-refractivity contribution < 1.29 is 85.2 Å². The third-order valence-electron chi connectivity index (χ3n) is 13.7. The number of rotatable bonds is 18. The molecule has 7 N–H and O–H groups in total. The number of halogens is 8. The van der Waals surface area contributed by atoms with E-state index in [0.29, 0.717) is 27.9 Å². The lowest BCUT2D eigenvalue weighted by Crippen LogP contribution is -2.30. The van der Waals surface area contributed by atoms with Gasteiger partial charge in [0.25, 0.3) is 23.6 Å². The van der Waals surface area contributed by atoms with Crippen molar-refractivity contribution in [3.8, 4) is 12.3 Å². The molecule has 26 nitrogen and oxygen atoms in total. The number of anilines is 4. The molecular formula is C63H54Cl2F6N14O12. The van der Waals surface area contributed by atoms with Crippen LogP contribution in [0.1, 0.15) is 129 Å². The van der Waals surface area contributed by atoms with Crippen molar-refractivity contribution in [1.29, 1.82) is 0 Å². The fourth-order valence-corrected chi connectivity index (χ4v) is 9.66. The number of amides is 4. The van der Waals surface area contributed by atoms with Crippen LogP contribution in [0.15, 0.2) is 137 Å². The van der Waals surface area contributed by atoms with Gasteiger partial charge in [-0.25, -0.2) is 34.3 Å². The molecule has 3 heterocycles. The number of alkyl halides is 3. The van der Waals surface area contributed by atoms with E-state index < -0.39 is 75.5 Å². The minimum absolute atomic E-state index is 0.00979. The number of piperidine rings is 2. The summed E-state index contributed by atoms with van der Waals surface area (Å²) in [7, 11) is 0. The van der Waals surface area contributed by atoms with Gasteiger partial charge in [0.2, 0.25) is 5.69 Å². The number of terminal acetylenes is 1. The maximum absolute atomic E-state index is 13.7. The highest BCUT2D eigenvalue weighted by Crippen LogP contribution is 2.35. The van der Waals surface area contributed by atoms with Crippen LogP contribution in [-0.2, 0) is 33.6 Å². The zero-order valence-electron chi connectivity index (χ0n) is 50.3. The van der Waals surface area contributed by atoms with Crippen LogP contribution in [0, 0.1) is 18.2 Å². The molecule has 97 heavy (non-hydrogen) atoms. The summed E-state index contributed by atoms with van der Waals surface area (Å²) >= 11 is 11.4. The molecule has 2 aliphatic heterocycles. The van der Waals surface area contributed by atoms with Gasteiger partial charge in [0.15, 0.2) is 5.69 Å². The standard InChI is InChI=1S/C32H27ClF3N7O6.C27H25ClFN7O2.C3H2O2.CO2.F2/c33-24-9-7-18(14-23(24)32(34,35)36)16-37-40-29(45)22-15-21(42-11-2-1-3-12-42)8-10-25(22)38-28(44)20-6-4-5-19(13-20)17-43-27(31(48)49)26(30(46)47)39-41-43;28-23-9-7-19(14-24(23)29)16-31-34-27(38)22-15-21(36-11-2-1-3-12-36)8-10-25(22)33-26(37)20-6-4-5-18(13-20)17-32-35-30;1-2-3(4)5;2-1-3;1-2/h4-10,13-16H,1-3,11-12,17H2,(H,38,44)(H,40,45)(H,46,47)(H,48,49);4-10,13-16H,1-3,11-12,17H2,(H,33,37)(H,34,38);1H,(H,4,5);;/b37-16+;31-16+;;;. The third-order valence-corrected chi connectivity index (χ3v) is 14.4. The number of carbonyl (C=O) groups excluding carboxylic acids is 6. The molecule has 0 spiro atoms. The van der Waals surface area contributed by atoms with Crippen molar-refractivity contribution in [2.45, 2.75) is 57.8 Å². The molecule has 0 atom stereocenters. The van der Waals surface area contributed by atoms with Gasteiger partial charge in [-0.1, -0.05) is 69.9 Å². The first-order chi connectivity index (χ1) is 46.4. The zero-order chi connectivity index (χ0) is 71.2. The molecular weight excluding hydrogens is 1330 g/mol. The number of carboxylic acid groups (broad SMARTS) is 3. The summed E-state index contributed by atoms with van der Waals surface area (Å²) in [6.07, 6.45) is 8.51. The number of hydrogen-bond donors (Lipinski definition) is 7. The third kappa shape index (κ3) is 23.0. The van der Waals surface area contributed by atoms with Crippen LogP contribution in [0.5, 0.6) is 0 Å². The molecule has 34 heteroatoms. The average molecular weight is 1380 g/mol. The van der Waals surface area contributed by atoms with Crippen molar-refractivity contribution >= 4 is 106 Å². The number of nitrogens with one attached hydrogen (secondary N) is 4. The van der Waals surface area contributed by atoms with E-state index in [1.165, 1.54) is 48.5 Å². The Morgan fingerprint density at radius 1 is 0.639 bits per heavy atom. The number of nitrogens with zero attached hydrogens (tertiary/aromatic N) is 10. The molecule has 1 aromatic heterocycles. The number of azide groups is 1. The second kappa shape index (κ2) is 37.7. The van der Waals surface area contributed by atoms with Crippen molar-refractivity contribution in [2.24, 2.45) is 15.3 Å². The van der Waals surface area contributed by atoms with Crippen molar-refractivity contribution in [3.05, 3.63) is 209 Å². The molecule has 2 fully saturated rings. The number of carbonyl (C=O) groups is 7. The maximum Gasteiger partial charge on any atom is 0.417 e. The Labute approximate surface area is 556 Å². The highest BCUT2D eigenvalue weighted by Gasteiger charge is 2.33. The Balaban J connectivity index is 0.000000316. The van der Waals surface area contributed by atoms with Crippen LogP contribution in [-0.4, -0.2) is 117 Å². The predicted molar refractivity (Wildman–Crippen MR) is 341 cm³/mol. The molecule has 0 unspecified atom stereocenters. The van der Waals surface area contributed by atoms with Gasteiger partial charge in [0.1, 0.15) is 5.82 Å². The number of carboxylic acids is 3. The summed E-state index contributed by atoms with van der Waals surface area (Å²) in [5, 5.41) is 49.6. The van der Waals surface area contributed by atoms with E-state index in [1.54, 1.807) is 66.7 Å². The number of aliphatic carboxylic acids is 1. The van der Waals surface area contributed by atoms with Gasteiger partial charge >= 0.3 is 30.2 Å². The molecule has 0 bridgehead atoms. The molecule has 2 aliphatic rings. The zero-order valence-corrected chi connectivity index (χ0v) is 51.8. The van der Waals surface area contributed by atoms with Crippen LogP contribution in [0.4, 0.5) is 49.5 Å². The number of aromatic nitrogens is 3. The van der Waals surface area contributed by atoms with E-state index in [-0.39, 0.29) is 52.2 Å². The number of hydrogen-bond acceptors (Lipinski definition) is 16. The minimum atomic E-state index is -4.69. The molecule has 7 aromatic rings. The summed E-state index contributed by atoms with van der Waals surface area (Å²) in [4.78, 5) is 108. The molecule has 0 saturated carbocycles. The van der Waals surface area contributed by atoms with Gasteiger partial charge in [0.05, 0.1) is 63.6 Å². The SMILES string of the molecule is C#CC(=O)O.FF.O=C(Nc1ccc(N2CCCCC2)cc1C(=O)N/N=C/c1ccc(Cl)c(C(F)(F)F)c1)c1cccc(Cn2nnc(C(=O)O)c2C(=O)O)c1.O=C=O.[N-]=[N+]=NCc1cccc(C(=O)Nc2ccc(N3CCCCC3)cc2C(=O)N/N=C/c2ccc(Cl)c(F)c2)c1. The first kappa shape index (κ1) is 75.8. The Bertz CT molecular complexity index is 4200. The highest BCUT2D eigenvalue weighted by molar-refractivity contribution is 6.31. The minimum Gasteiger partial charge on any atom is -0.476 e. The molecule has 6 aromatic carbocycles. The van der Waals surface area contributed by atoms with Gasteiger partial charge in [-0.15, -0.1) is 11.5 Å². The monoisotopic (exact) mass is 1380 g/mol. The van der Waals surface area contributed by atoms with Crippen LogP contribution in [0.3, 0.4) is 0 Å². The Kier molecular flexibility index (Phi) is 29.5. The van der Waals surface area contributed by atoms with E-state index in [0.717, 1.165) is 99.1 Å². The van der Waals surface area contributed by atoms with Crippen LogP contribution < -0.4 is 31.3 Å². The molecule has 0 aliphatic carbocycles.